The Bertz CT molecular complexity index is 408. The number of nitrogens with two attached hydrogens (primary N) is 1. The van der Waals surface area contributed by atoms with E-state index >= 15 is 0 Å². The molecule has 0 aliphatic carbocycles. The predicted molar refractivity (Wildman–Crippen MR) is 93.5 cm³/mol. The number of nitrogen functional groups attached to an aromatic ring is 1. The van der Waals surface area contributed by atoms with Gasteiger partial charge in [0.1, 0.15) is 5.75 Å². The fraction of sp³-hybridized carbons (Fsp3) is 0.667. The molecule has 0 aromatic heterocycles. The van der Waals surface area contributed by atoms with Crippen LogP contribution in [0.2, 0.25) is 0 Å². The molecule has 0 amide bonds. The summed E-state index contributed by atoms with van der Waals surface area (Å²) < 4.78 is 11.1. The number of hydrogen-bond donors (Lipinski definition) is 2. The normalized spacial score (nSPS) is 11.1. The maximum absolute atomic E-state index is 6.02. The molecule has 22 heavy (non-hydrogen) atoms. The van der Waals surface area contributed by atoms with Crippen molar-refractivity contribution in [1.82, 2.24) is 5.32 Å². The molecule has 0 atom stereocenters. The summed E-state index contributed by atoms with van der Waals surface area (Å²) in [7, 11) is 0. The van der Waals surface area contributed by atoms with Crippen molar-refractivity contribution < 1.29 is 9.47 Å². The highest BCUT2D eigenvalue weighted by Gasteiger charge is 2.02. The van der Waals surface area contributed by atoms with Crippen molar-refractivity contribution in [2.45, 2.75) is 52.6 Å². The largest absolute Gasteiger partial charge is 0.491 e. The van der Waals surface area contributed by atoms with Gasteiger partial charge in [0.15, 0.2) is 0 Å². The van der Waals surface area contributed by atoms with Gasteiger partial charge in [-0.15, -0.1) is 0 Å². The first-order chi connectivity index (χ1) is 10.6. The van der Waals surface area contributed by atoms with E-state index in [1.54, 1.807) is 0 Å². The van der Waals surface area contributed by atoms with E-state index < -0.39 is 0 Å². The minimum atomic E-state index is 0.328. The zero-order valence-electron chi connectivity index (χ0n) is 14.4. The predicted octanol–water partition coefficient (Wildman–Crippen LogP) is 3.39. The van der Waals surface area contributed by atoms with Crippen LogP contribution >= 0.6 is 0 Å². The van der Waals surface area contributed by atoms with Crippen molar-refractivity contribution in [1.29, 1.82) is 0 Å². The third-order valence-electron chi connectivity index (χ3n) is 3.30. The molecule has 0 aliphatic heterocycles. The van der Waals surface area contributed by atoms with E-state index in [2.05, 4.69) is 32.2 Å². The summed E-state index contributed by atoms with van der Waals surface area (Å²) in [6.45, 7) is 9.81. The molecule has 0 spiro atoms. The van der Waals surface area contributed by atoms with Gasteiger partial charge >= 0.3 is 0 Å². The van der Waals surface area contributed by atoms with Gasteiger partial charge in [0.05, 0.1) is 18.4 Å². The third-order valence-corrected chi connectivity index (χ3v) is 3.30. The van der Waals surface area contributed by atoms with Crippen molar-refractivity contribution in [3.05, 3.63) is 23.8 Å². The molecule has 4 heteroatoms. The number of anilines is 1. The molecular formula is C18H32N2O2. The molecule has 0 saturated carbocycles. The highest BCUT2D eigenvalue weighted by atomic mass is 16.5. The molecule has 0 heterocycles. The van der Waals surface area contributed by atoms with Crippen LogP contribution in [0.1, 0.15) is 45.6 Å². The van der Waals surface area contributed by atoms with Gasteiger partial charge in [-0.3, -0.25) is 0 Å². The Kier molecular flexibility index (Phi) is 9.67. The molecule has 126 valence electrons. The maximum Gasteiger partial charge on any atom is 0.142 e. The Balaban J connectivity index is 2.13. The molecule has 4 nitrogen and oxygen atoms in total. The van der Waals surface area contributed by atoms with Gasteiger partial charge in [0.2, 0.25) is 0 Å². The first-order valence-corrected chi connectivity index (χ1v) is 8.47. The topological polar surface area (TPSA) is 56.5 Å². The number of hydrogen-bond acceptors (Lipinski definition) is 4. The SMILES string of the molecule is CCCOc1ccc(CCCNCCCOC(C)C)cc1N. The second kappa shape index (κ2) is 11.3. The Labute approximate surface area is 135 Å². The van der Waals surface area contributed by atoms with Gasteiger partial charge in [0.25, 0.3) is 0 Å². The lowest BCUT2D eigenvalue weighted by atomic mass is 10.1. The van der Waals surface area contributed by atoms with Crippen LogP contribution in [0.25, 0.3) is 0 Å². The summed E-state index contributed by atoms with van der Waals surface area (Å²) in [5.74, 6) is 0.800. The summed E-state index contributed by atoms with van der Waals surface area (Å²) in [6, 6.07) is 6.12. The summed E-state index contributed by atoms with van der Waals surface area (Å²) in [5.41, 5.74) is 8.03. The van der Waals surface area contributed by atoms with Crippen molar-refractivity contribution >= 4 is 5.69 Å². The van der Waals surface area contributed by atoms with Crippen molar-refractivity contribution in [3.63, 3.8) is 0 Å². The molecule has 0 saturated heterocycles. The molecule has 1 aromatic rings. The summed E-state index contributed by atoms with van der Waals surface area (Å²) in [4.78, 5) is 0. The average Bonchev–Trinajstić information content (AvgIpc) is 2.48. The minimum Gasteiger partial charge on any atom is -0.491 e. The van der Waals surface area contributed by atoms with Crippen LogP contribution in [-0.4, -0.2) is 32.4 Å². The number of benzene rings is 1. The number of ether oxygens (including phenoxy) is 2. The smallest absolute Gasteiger partial charge is 0.142 e. The second-order valence-electron chi connectivity index (χ2n) is 5.85. The van der Waals surface area contributed by atoms with Gasteiger partial charge in [-0.25, -0.2) is 0 Å². The van der Waals surface area contributed by atoms with Crippen LogP contribution in [0.4, 0.5) is 5.69 Å². The van der Waals surface area contributed by atoms with Crippen LogP contribution in [0, 0.1) is 0 Å². The average molecular weight is 308 g/mol. The molecule has 0 bridgehead atoms. The maximum atomic E-state index is 6.02. The van der Waals surface area contributed by atoms with Crippen LogP contribution in [0.5, 0.6) is 5.75 Å². The van der Waals surface area contributed by atoms with E-state index in [-0.39, 0.29) is 0 Å². The first-order valence-electron chi connectivity index (χ1n) is 8.47. The van der Waals surface area contributed by atoms with E-state index in [1.807, 2.05) is 12.1 Å². The molecule has 0 fully saturated rings. The van der Waals surface area contributed by atoms with Gasteiger partial charge in [-0.1, -0.05) is 13.0 Å². The zero-order chi connectivity index (χ0) is 16.2. The Morgan fingerprint density at radius 1 is 1.14 bits per heavy atom. The second-order valence-corrected chi connectivity index (χ2v) is 5.85. The summed E-state index contributed by atoms with van der Waals surface area (Å²) >= 11 is 0. The van der Waals surface area contributed by atoms with E-state index in [4.69, 9.17) is 15.2 Å². The molecular weight excluding hydrogens is 276 g/mol. The van der Waals surface area contributed by atoms with Crippen LogP contribution in [-0.2, 0) is 11.2 Å². The lowest BCUT2D eigenvalue weighted by Gasteiger charge is -2.10. The van der Waals surface area contributed by atoms with Crippen LogP contribution in [0.15, 0.2) is 18.2 Å². The van der Waals surface area contributed by atoms with Gasteiger partial charge < -0.3 is 20.5 Å². The Morgan fingerprint density at radius 2 is 1.91 bits per heavy atom. The van der Waals surface area contributed by atoms with Crippen molar-refractivity contribution in [2.24, 2.45) is 0 Å². The molecule has 3 N–H and O–H groups in total. The number of rotatable bonds is 12. The van der Waals surface area contributed by atoms with Gasteiger partial charge in [0, 0.05) is 6.61 Å². The quantitative estimate of drug-likeness (QED) is 0.459. The summed E-state index contributed by atoms with van der Waals surface area (Å²) in [5, 5.41) is 3.45. The molecule has 1 rings (SSSR count). The van der Waals surface area contributed by atoms with E-state index in [0.29, 0.717) is 12.7 Å². The number of aryl methyl sites for hydroxylation is 1. The van der Waals surface area contributed by atoms with E-state index in [1.165, 1.54) is 5.56 Å². The third kappa shape index (κ3) is 8.25. The molecule has 0 aliphatic rings. The molecule has 0 radical (unpaired) electrons. The first kappa shape index (κ1) is 18.8. The Hall–Kier alpha value is -1.26. The van der Waals surface area contributed by atoms with E-state index in [0.717, 1.165) is 56.8 Å². The standard InChI is InChI=1S/C18H32N2O2/c1-4-12-22-18-9-8-16(14-17(18)19)7-5-10-20-11-6-13-21-15(2)3/h8-9,14-15,20H,4-7,10-13,19H2,1-3H3. The monoisotopic (exact) mass is 308 g/mol. The van der Waals surface area contributed by atoms with Crippen molar-refractivity contribution in [3.8, 4) is 5.75 Å². The van der Waals surface area contributed by atoms with Crippen molar-refractivity contribution in [2.75, 3.05) is 32.0 Å². The molecule has 1 aromatic carbocycles. The van der Waals surface area contributed by atoms with Crippen LogP contribution < -0.4 is 15.8 Å². The fourth-order valence-electron chi connectivity index (χ4n) is 2.16. The van der Waals surface area contributed by atoms with Gasteiger partial charge in [-0.2, -0.15) is 0 Å². The lowest BCUT2D eigenvalue weighted by molar-refractivity contribution is 0.0771. The van der Waals surface area contributed by atoms with E-state index in [9.17, 15) is 0 Å². The minimum absolute atomic E-state index is 0.328. The zero-order valence-corrected chi connectivity index (χ0v) is 14.4. The fourth-order valence-corrected chi connectivity index (χ4v) is 2.16. The van der Waals surface area contributed by atoms with Gasteiger partial charge in [-0.05, 0) is 70.3 Å². The highest BCUT2D eigenvalue weighted by molar-refractivity contribution is 5.54. The lowest BCUT2D eigenvalue weighted by Crippen LogP contribution is -2.19. The number of nitrogens with one attached hydrogen (secondary N) is 1. The highest BCUT2D eigenvalue weighted by Crippen LogP contribution is 2.23. The molecule has 0 unspecified atom stereocenters. The van der Waals surface area contributed by atoms with Crippen LogP contribution in [0.3, 0.4) is 0 Å². The Morgan fingerprint density at radius 3 is 2.59 bits per heavy atom. The summed E-state index contributed by atoms with van der Waals surface area (Å²) in [6.07, 6.45) is 4.53.